The molecule has 2 saturated heterocycles. The summed E-state index contributed by atoms with van der Waals surface area (Å²) in [6.07, 6.45) is 3.71. The van der Waals surface area contributed by atoms with Gasteiger partial charge in [0.1, 0.15) is 12.3 Å². The van der Waals surface area contributed by atoms with Gasteiger partial charge in [-0.3, -0.25) is 9.59 Å². The summed E-state index contributed by atoms with van der Waals surface area (Å²) in [6, 6.07) is 34.3. The molecular weight excluding hydrogens is 804 g/mol. The summed E-state index contributed by atoms with van der Waals surface area (Å²) in [6.45, 7) is 5.19. The lowest BCUT2D eigenvalue weighted by Crippen LogP contribution is -2.38. The van der Waals surface area contributed by atoms with Crippen molar-refractivity contribution in [1.82, 2.24) is 24.7 Å². The Morgan fingerprint density at radius 1 is 0.770 bits per heavy atom. The third kappa shape index (κ3) is 14.1. The van der Waals surface area contributed by atoms with Gasteiger partial charge in [0.05, 0.1) is 6.61 Å². The van der Waals surface area contributed by atoms with Crippen molar-refractivity contribution in [3.05, 3.63) is 131 Å². The van der Waals surface area contributed by atoms with Crippen molar-refractivity contribution in [3.8, 4) is 22.4 Å². The Morgan fingerprint density at radius 3 is 1.97 bits per heavy atom. The van der Waals surface area contributed by atoms with Crippen molar-refractivity contribution in [2.24, 2.45) is 11.8 Å². The average Bonchev–Trinajstić information content (AvgIpc) is 3.83. The van der Waals surface area contributed by atoms with Crippen molar-refractivity contribution >= 4 is 29.3 Å². The van der Waals surface area contributed by atoms with Crippen molar-refractivity contribution in [3.63, 3.8) is 0 Å². The molecule has 10 nitrogen and oxygen atoms in total. The molecule has 0 saturated carbocycles. The Bertz CT molecular complexity index is 2160. The zero-order valence-corrected chi connectivity index (χ0v) is 34.9. The number of benzene rings is 4. The number of ether oxygens (including phenoxy) is 1. The summed E-state index contributed by atoms with van der Waals surface area (Å²) in [5, 5.41) is 16.8. The van der Waals surface area contributed by atoms with Gasteiger partial charge < -0.3 is 25.0 Å². The average molecular weight is 856 g/mol. The number of rotatable bonds is 15. The first-order valence-corrected chi connectivity index (χ1v) is 21.6. The Kier molecular flexibility index (Phi) is 16.6. The van der Waals surface area contributed by atoms with Crippen LogP contribution in [-0.2, 0) is 34.0 Å². The molecule has 2 fully saturated rings. The molecule has 7 rings (SSSR count). The number of nitrogens with zero attached hydrogens (tertiary/aromatic N) is 4. The van der Waals surface area contributed by atoms with Gasteiger partial charge in [-0.1, -0.05) is 103 Å². The lowest BCUT2D eigenvalue weighted by molar-refractivity contribution is -0.192. The molecule has 0 spiro atoms. The number of carboxylic acids is 1. The van der Waals surface area contributed by atoms with Crippen molar-refractivity contribution in [2.75, 3.05) is 32.8 Å². The van der Waals surface area contributed by atoms with Crippen LogP contribution in [0.15, 0.2) is 109 Å². The number of carbonyl (C=O) groups is 3. The molecule has 2 N–H and O–H groups in total. The number of carboxylic acid groups (broad SMARTS) is 1. The predicted molar refractivity (Wildman–Crippen MR) is 229 cm³/mol. The molecule has 2 amide bonds. The van der Waals surface area contributed by atoms with Gasteiger partial charge in [-0.05, 0) is 114 Å². The van der Waals surface area contributed by atoms with E-state index in [0.29, 0.717) is 19.7 Å². The van der Waals surface area contributed by atoms with Crippen LogP contribution in [0.2, 0.25) is 0 Å². The number of alkyl halides is 3. The first kappa shape index (κ1) is 45.1. The van der Waals surface area contributed by atoms with Gasteiger partial charge in [0, 0.05) is 42.7 Å². The van der Waals surface area contributed by atoms with E-state index < -0.39 is 12.1 Å². The molecule has 3 heterocycles. The third-order valence-electron chi connectivity index (χ3n) is 11.2. The first-order chi connectivity index (χ1) is 29.5. The zero-order valence-electron chi connectivity index (χ0n) is 34.1. The fraction of sp³-hybridized carbons (Fsp3) is 0.383. The van der Waals surface area contributed by atoms with E-state index in [1.807, 2.05) is 88.0 Å². The Morgan fingerprint density at radius 2 is 1.34 bits per heavy atom. The van der Waals surface area contributed by atoms with Crippen LogP contribution in [0.5, 0.6) is 0 Å². The number of aromatic nitrogens is 2. The molecule has 0 atom stereocenters. The fourth-order valence-corrected chi connectivity index (χ4v) is 8.33. The summed E-state index contributed by atoms with van der Waals surface area (Å²) >= 11 is 1.32. The second kappa shape index (κ2) is 22.4. The largest absolute Gasteiger partial charge is 0.490 e. The monoisotopic (exact) mass is 855 g/mol. The van der Waals surface area contributed by atoms with Crippen molar-refractivity contribution < 1.29 is 37.4 Å². The van der Waals surface area contributed by atoms with Crippen LogP contribution in [0.4, 0.5) is 13.2 Å². The van der Waals surface area contributed by atoms with Gasteiger partial charge in [-0.25, -0.2) is 4.79 Å². The zero-order chi connectivity index (χ0) is 43.0. The van der Waals surface area contributed by atoms with Gasteiger partial charge in [0.25, 0.3) is 5.91 Å². The Hall–Kier alpha value is -5.44. The Balaban J connectivity index is 0.000000819. The van der Waals surface area contributed by atoms with E-state index in [2.05, 4.69) is 45.2 Å². The second-order valence-corrected chi connectivity index (χ2v) is 16.3. The molecule has 0 radical (unpaired) electrons. The van der Waals surface area contributed by atoms with Gasteiger partial charge in [-0.2, -0.15) is 13.2 Å². The maximum absolute atomic E-state index is 13.8. The molecular formula is C47H52F3N5O5S. The van der Waals surface area contributed by atoms with E-state index in [0.717, 1.165) is 82.4 Å². The van der Waals surface area contributed by atoms with Gasteiger partial charge >= 0.3 is 12.1 Å². The third-order valence-corrected chi connectivity index (χ3v) is 11.7. The minimum Gasteiger partial charge on any atom is -0.475 e. The molecule has 5 aromatic rings. The topological polar surface area (TPSA) is 125 Å². The quantitative estimate of drug-likeness (QED) is 0.107. The number of likely N-dealkylation sites (tertiary alicyclic amines) is 1. The highest BCUT2D eigenvalue weighted by atomic mass is 32.1. The summed E-state index contributed by atoms with van der Waals surface area (Å²) in [4.78, 5) is 40.2. The Labute approximate surface area is 358 Å². The summed E-state index contributed by atoms with van der Waals surface area (Å²) in [5.74, 6) is -1.11. The molecule has 322 valence electrons. The molecule has 61 heavy (non-hydrogen) atoms. The number of aliphatic carboxylic acids is 1. The maximum Gasteiger partial charge on any atom is 0.490 e. The van der Waals surface area contributed by atoms with E-state index in [9.17, 15) is 22.8 Å². The minimum atomic E-state index is -5.08. The SMILES string of the molecule is O=C(COCc1ccccc1)N(Cc1cccc(-c2cccc(C(=O)N3CCC(CCCC4CCNCC4)CC3)c2)c1)Cc1cccc(-c2csnn2)c1.O=C(O)C(F)(F)F. The summed E-state index contributed by atoms with van der Waals surface area (Å²) in [7, 11) is 0. The predicted octanol–water partition coefficient (Wildman–Crippen LogP) is 9.27. The second-order valence-electron chi connectivity index (χ2n) is 15.7. The summed E-state index contributed by atoms with van der Waals surface area (Å²) < 4.78 is 41.7. The lowest BCUT2D eigenvalue weighted by atomic mass is 9.87. The lowest BCUT2D eigenvalue weighted by Gasteiger charge is -2.32. The summed E-state index contributed by atoms with van der Waals surface area (Å²) in [5.41, 5.74) is 7.55. The molecule has 0 aliphatic carbocycles. The number of amides is 2. The number of carbonyl (C=O) groups excluding carboxylic acids is 2. The normalized spacial score (nSPS) is 14.8. The number of halogens is 3. The van der Waals surface area contributed by atoms with Crippen LogP contribution >= 0.6 is 11.5 Å². The van der Waals surface area contributed by atoms with Crippen molar-refractivity contribution in [1.29, 1.82) is 0 Å². The molecule has 1 aromatic heterocycles. The van der Waals surface area contributed by atoms with Crippen LogP contribution in [0.25, 0.3) is 22.4 Å². The van der Waals surface area contributed by atoms with Crippen LogP contribution in [0.1, 0.15) is 72.0 Å². The number of hydrogen-bond donors (Lipinski definition) is 2. The molecule has 2 aliphatic rings. The molecule has 2 aliphatic heterocycles. The first-order valence-electron chi connectivity index (χ1n) is 20.8. The van der Waals surface area contributed by atoms with E-state index in [4.69, 9.17) is 14.6 Å². The number of nitrogens with one attached hydrogen (secondary N) is 1. The van der Waals surface area contributed by atoms with E-state index >= 15 is 0 Å². The molecule has 0 unspecified atom stereocenters. The van der Waals surface area contributed by atoms with Gasteiger partial charge in [-0.15, -0.1) is 5.10 Å². The van der Waals surface area contributed by atoms with E-state index in [1.165, 1.54) is 56.7 Å². The van der Waals surface area contributed by atoms with E-state index in [-0.39, 0.29) is 18.4 Å². The van der Waals surface area contributed by atoms with Crippen molar-refractivity contribution in [2.45, 2.75) is 70.8 Å². The highest BCUT2D eigenvalue weighted by molar-refractivity contribution is 7.03. The van der Waals surface area contributed by atoms with Gasteiger partial charge in [0.15, 0.2) is 0 Å². The van der Waals surface area contributed by atoms with Crippen LogP contribution in [-0.4, -0.2) is 81.2 Å². The highest BCUT2D eigenvalue weighted by Crippen LogP contribution is 2.29. The van der Waals surface area contributed by atoms with Crippen LogP contribution in [0, 0.1) is 11.8 Å². The van der Waals surface area contributed by atoms with E-state index in [1.54, 1.807) is 0 Å². The fourth-order valence-electron chi connectivity index (χ4n) is 7.87. The standard InChI is InChI=1S/C45H51N5O3S.C2HF3O2/c51-44(32-53-31-36-8-2-1-3-9-36)50(30-38-13-6-16-41(27-38)43-33-54-48-47-43)29-37-12-5-14-39(26-37)40-15-7-17-42(28-40)45(52)49-24-20-35(21-25-49)11-4-10-34-18-22-46-23-19-34;3-2(4,5)1(6)7/h1-3,5-9,12-17,26-28,33-35,46H,4,10-11,18-25,29-32H2;(H,6,7). The maximum atomic E-state index is 13.8. The molecule has 4 aromatic carbocycles. The smallest absolute Gasteiger partial charge is 0.475 e. The highest BCUT2D eigenvalue weighted by Gasteiger charge is 2.38. The van der Waals surface area contributed by atoms with Gasteiger partial charge in [0.2, 0.25) is 5.91 Å². The minimum absolute atomic E-state index is 0.0237. The van der Waals surface area contributed by atoms with Crippen LogP contribution < -0.4 is 5.32 Å². The number of hydrogen-bond acceptors (Lipinski definition) is 8. The number of piperidine rings is 2. The van der Waals surface area contributed by atoms with Crippen LogP contribution in [0.3, 0.4) is 0 Å². The molecule has 0 bridgehead atoms. The molecule has 14 heteroatoms.